The summed E-state index contributed by atoms with van der Waals surface area (Å²) in [5.41, 5.74) is -1.07. The molecule has 0 amide bonds. The summed E-state index contributed by atoms with van der Waals surface area (Å²) in [5, 5.41) is 21.6. The number of carbonyl (C=O) groups is 1. The lowest BCUT2D eigenvalue weighted by molar-refractivity contribution is -0.137. The van der Waals surface area contributed by atoms with E-state index in [-0.39, 0.29) is 11.5 Å². The fourth-order valence-electron chi connectivity index (χ4n) is 1.90. The minimum absolute atomic E-state index is 0.0945. The zero-order valence-electron chi connectivity index (χ0n) is 12.2. The van der Waals surface area contributed by atoms with Gasteiger partial charge >= 0.3 is 6.18 Å². The Hall–Kier alpha value is -3.27. The molecule has 0 radical (unpaired) electrons. The van der Waals surface area contributed by atoms with Gasteiger partial charge in [-0.15, -0.1) is 5.10 Å². The van der Waals surface area contributed by atoms with Gasteiger partial charge in [-0.2, -0.15) is 23.7 Å². The van der Waals surface area contributed by atoms with Gasteiger partial charge in [0.15, 0.2) is 5.78 Å². The molecule has 0 aromatic carbocycles. The predicted octanol–water partition coefficient (Wildman–Crippen LogP) is 2.00. The van der Waals surface area contributed by atoms with Crippen molar-refractivity contribution in [2.45, 2.75) is 25.1 Å². The van der Waals surface area contributed by atoms with Crippen LogP contribution in [0, 0.1) is 22.7 Å². The normalized spacial score (nSPS) is 13.6. The molecule has 2 aromatic rings. The van der Waals surface area contributed by atoms with Crippen molar-refractivity contribution in [1.29, 1.82) is 10.5 Å². The number of hydrogen-bond acceptors (Lipinski definition) is 6. The molecular weight excluding hydrogens is 325 g/mol. The van der Waals surface area contributed by atoms with E-state index >= 15 is 0 Å². The smallest absolute Gasteiger partial charge is 0.295 e. The molecule has 2 aromatic heterocycles. The summed E-state index contributed by atoms with van der Waals surface area (Å²) < 4.78 is 38.7. The highest BCUT2D eigenvalue weighted by Gasteiger charge is 2.32. The molecule has 0 aliphatic heterocycles. The second kappa shape index (κ2) is 6.46. The Labute approximate surface area is 134 Å². The van der Waals surface area contributed by atoms with Gasteiger partial charge in [0.1, 0.15) is 24.4 Å². The number of ketones is 1. The topological polar surface area (TPSA) is 108 Å². The van der Waals surface area contributed by atoms with Crippen LogP contribution in [0.3, 0.4) is 0 Å². The molecule has 122 valence electrons. The van der Waals surface area contributed by atoms with Crippen molar-refractivity contribution in [2.24, 2.45) is 0 Å². The molecule has 0 N–H and O–H groups in total. The van der Waals surface area contributed by atoms with Crippen LogP contribution in [-0.2, 0) is 11.0 Å². The summed E-state index contributed by atoms with van der Waals surface area (Å²) in [5.74, 6) is -2.13. The minimum Gasteiger partial charge on any atom is -0.295 e. The summed E-state index contributed by atoms with van der Waals surface area (Å²) in [7, 11) is 0. The number of Topliss-reactive ketones (excluding diaryl/α,β-unsaturated/α-hetero) is 1. The van der Waals surface area contributed by atoms with E-state index in [1.165, 1.54) is 6.92 Å². The van der Waals surface area contributed by atoms with Crippen molar-refractivity contribution >= 4 is 5.78 Å². The fourth-order valence-corrected chi connectivity index (χ4v) is 1.90. The SMILES string of the molecule is CC(C(=O)C(C#N)c1ccc(C(F)(F)F)cn1)n1cnc(C#N)n1. The van der Waals surface area contributed by atoms with E-state index in [0.29, 0.717) is 6.20 Å². The van der Waals surface area contributed by atoms with Crippen LogP contribution >= 0.6 is 0 Å². The van der Waals surface area contributed by atoms with Gasteiger partial charge in [0, 0.05) is 6.20 Å². The Balaban J connectivity index is 2.26. The lowest BCUT2D eigenvalue weighted by Crippen LogP contribution is -2.23. The second-order valence-electron chi connectivity index (χ2n) is 4.77. The molecule has 7 nitrogen and oxygen atoms in total. The van der Waals surface area contributed by atoms with Gasteiger partial charge < -0.3 is 0 Å². The highest BCUT2D eigenvalue weighted by atomic mass is 19.4. The number of nitrogens with zero attached hydrogens (tertiary/aromatic N) is 6. The Bertz CT molecular complexity index is 828. The van der Waals surface area contributed by atoms with Crippen molar-refractivity contribution in [3.05, 3.63) is 41.7 Å². The van der Waals surface area contributed by atoms with Gasteiger partial charge in [-0.25, -0.2) is 9.67 Å². The first-order valence-electron chi connectivity index (χ1n) is 6.55. The fraction of sp³-hybridized carbons (Fsp3) is 0.286. The van der Waals surface area contributed by atoms with Crippen LogP contribution in [0.2, 0.25) is 0 Å². The first kappa shape index (κ1) is 17.1. The highest BCUT2D eigenvalue weighted by molar-refractivity contribution is 5.90. The van der Waals surface area contributed by atoms with Crippen molar-refractivity contribution in [2.75, 3.05) is 0 Å². The summed E-state index contributed by atoms with van der Waals surface area (Å²) >= 11 is 0. The summed E-state index contributed by atoms with van der Waals surface area (Å²) in [6.07, 6.45) is -2.82. The number of carbonyl (C=O) groups excluding carboxylic acids is 1. The molecule has 2 unspecified atom stereocenters. The molecule has 0 saturated carbocycles. The van der Waals surface area contributed by atoms with Crippen molar-refractivity contribution < 1.29 is 18.0 Å². The van der Waals surface area contributed by atoms with Crippen LogP contribution in [0.4, 0.5) is 13.2 Å². The molecule has 10 heteroatoms. The summed E-state index contributed by atoms with van der Waals surface area (Å²) in [4.78, 5) is 19.6. The Kier molecular flexibility index (Phi) is 4.60. The van der Waals surface area contributed by atoms with Crippen LogP contribution in [-0.4, -0.2) is 25.5 Å². The molecule has 0 spiro atoms. The predicted molar refractivity (Wildman–Crippen MR) is 72.0 cm³/mol. The van der Waals surface area contributed by atoms with Crippen LogP contribution in [0.1, 0.15) is 36.0 Å². The van der Waals surface area contributed by atoms with E-state index in [4.69, 9.17) is 5.26 Å². The monoisotopic (exact) mass is 334 g/mol. The van der Waals surface area contributed by atoms with E-state index in [0.717, 1.165) is 23.1 Å². The van der Waals surface area contributed by atoms with Crippen molar-refractivity contribution in [3.8, 4) is 12.1 Å². The van der Waals surface area contributed by atoms with Crippen LogP contribution < -0.4 is 0 Å². The number of alkyl halides is 3. The maximum atomic E-state index is 12.5. The third-order valence-corrected chi connectivity index (χ3v) is 3.24. The summed E-state index contributed by atoms with van der Waals surface area (Å²) in [6, 6.07) is 4.24. The molecule has 0 saturated heterocycles. The van der Waals surface area contributed by atoms with Gasteiger partial charge in [-0.05, 0) is 19.1 Å². The van der Waals surface area contributed by atoms with E-state index < -0.39 is 29.5 Å². The third kappa shape index (κ3) is 3.38. The Morgan fingerprint density at radius 3 is 2.46 bits per heavy atom. The van der Waals surface area contributed by atoms with Crippen LogP contribution in [0.25, 0.3) is 0 Å². The van der Waals surface area contributed by atoms with E-state index in [1.807, 2.05) is 0 Å². The average Bonchev–Trinajstić information content (AvgIpc) is 3.03. The highest BCUT2D eigenvalue weighted by Crippen LogP contribution is 2.29. The van der Waals surface area contributed by atoms with Crippen LogP contribution in [0.15, 0.2) is 24.7 Å². The number of pyridine rings is 1. The van der Waals surface area contributed by atoms with Gasteiger partial charge in [-0.1, -0.05) is 0 Å². The van der Waals surface area contributed by atoms with Crippen molar-refractivity contribution in [3.63, 3.8) is 0 Å². The zero-order chi connectivity index (χ0) is 17.9. The molecule has 0 aliphatic carbocycles. The van der Waals surface area contributed by atoms with Crippen LogP contribution in [0.5, 0.6) is 0 Å². The first-order chi connectivity index (χ1) is 11.3. The molecule has 24 heavy (non-hydrogen) atoms. The summed E-state index contributed by atoms with van der Waals surface area (Å²) in [6.45, 7) is 1.44. The molecule has 2 atom stereocenters. The largest absolute Gasteiger partial charge is 0.417 e. The zero-order valence-corrected chi connectivity index (χ0v) is 12.2. The molecule has 0 bridgehead atoms. The van der Waals surface area contributed by atoms with Gasteiger partial charge in [-0.3, -0.25) is 9.78 Å². The standard InChI is InChI=1S/C14H9F3N6O/c1-8(23-7-21-12(5-19)22-23)13(24)10(4-18)11-3-2-9(6-20-11)14(15,16)17/h2-3,6-8,10H,1H3. The average molecular weight is 334 g/mol. The molecule has 2 heterocycles. The molecule has 2 rings (SSSR count). The lowest BCUT2D eigenvalue weighted by Gasteiger charge is -2.14. The Morgan fingerprint density at radius 1 is 1.29 bits per heavy atom. The second-order valence-corrected chi connectivity index (χ2v) is 4.77. The number of hydrogen-bond donors (Lipinski definition) is 0. The molecule has 0 fully saturated rings. The third-order valence-electron chi connectivity index (χ3n) is 3.24. The van der Waals surface area contributed by atoms with Gasteiger partial charge in [0.2, 0.25) is 0 Å². The maximum Gasteiger partial charge on any atom is 0.417 e. The quantitative estimate of drug-likeness (QED) is 0.846. The molecular formula is C14H9F3N6O. The number of aromatic nitrogens is 4. The minimum atomic E-state index is -4.56. The van der Waals surface area contributed by atoms with E-state index in [1.54, 1.807) is 12.1 Å². The number of rotatable bonds is 4. The van der Waals surface area contributed by atoms with Gasteiger partial charge in [0.25, 0.3) is 5.82 Å². The lowest BCUT2D eigenvalue weighted by atomic mass is 9.96. The van der Waals surface area contributed by atoms with E-state index in [2.05, 4.69) is 15.1 Å². The number of nitriles is 2. The molecule has 0 aliphatic rings. The number of halogens is 3. The maximum absolute atomic E-state index is 12.5. The Morgan fingerprint density at radius 2 is 2.00 bits per heavy atom. The van der Waals surface area contributed by atoms with E-state index in [9.17, 15) is 23.2 Å². The van der Waals surface area contributed by atoms with Crippen molar-refractivity contribution in [1.82, 2.24) is 19.7 Å². The van der Waals surface area contributed by atoms with Gasteiger partial charge in [0.05, 0.1) is 17.3 Å². The first-order valence-corrected chi connectivity index (χ1v) is 6.55.